The van der Waals surface area contributed by atoms with Crippen LogP contribution in [0, 0.1) is 19.8 Å². The molecule has 2 amide bonds. The van der Waals surface area contributed by atoms with Crippen LogP contribution < -0.4 is 10.9 Å². The number of carbonyl (C=O) groups is 2. The molecule has 0 aliphatic carbocycles. The Morgan fingerprint density at radius 3 is 2.44 bits per heavy atom. The lowest BCUT2D eigenvalue weighted by molar-refractivity contribution is -0.129. The molecule has 0 spiro atoms. The molecule has 0 bridgehead atoms. The number of carbonyl (C=O) groups excluding carboxylic acids is 2. The highest BCUT2D eigenvalue weighted by Gasteiger charge is 2.12. The van der Waals surface area contributed by atoms with Crippen LogP contribution in [0.25, 0.3) is 10.9 Å². The Bertz CT molecular complexity index is 803. The summed E-state index contributed by atoms with van der Waals surface area (Å²) in [6.45, 7) is 9.79. The fourth-order valence-electron chi connectivity index (χ4n) is 2.29. The quantitative estimate of drug-likeness (QED) is 0.635. The zero-order chi connectivity index (χ0) is 18.6. The summed E-state index contributed by atoms with van der Waals surface area (Å²) in [5.41, 5.74) is 9.37. The first-order chi connectivity index (χ1) is 11.8. The third-order valence-corrected chi connectivity index (χ3v) is 5.07. The molecule has 134 valence electrons. The van der Waals surface area contributed by atoms with Crippen LogP contribution in [0.1, 0.15) is 37.5 Å². The highest BCUT2D eigenvalue weighted by Crippen LogP contribution is 2.27. The van der Waals surface area contributed by atoms with Gasteiger partial charge in [0.1, 0.15) is 5.03 Å². The van der Waals surface area contributed by atoms with Crippen molar-refractivity contribution >= 4 is 34.5 Å². The second-order valence-electron chi connectivity index (χ2n) is 6.42. The second kappa shape index (κ2) is 8.34. The first-order valence-corrected chi connectivity index (χ1v) is 9.42. The summed E-state index contributed by atoms with van der Waals surface area (Å²) >= 11 is 1.39. The maximum absolute atomic E-state index is 11.9. The number of hydrazine groups is 1. The maximum atomic E-state index is 11.9. The van der Waals surface area contributed by atoms with Gasteiger partial charge in [-0.3, -0.25) is 20.4 Å². The van der Waals surface area contributed by atoms with E-state index in [-0.39, 0.29) is 23.5 Å². The van der Waals surface area contributed by atoms with Crippen molar-refractivity contribution in [3.05, 3.63) is 34.9 Å². The fraction of sp³-hybridized carbons (Fsp3) is 0.421. The predicted octanol–water partition coefficient (Wildman–Crippen LogP) is 3.31. The highest BCUT2D eigenvalue weighted by molar-refractivity contribution is 7.99. The van der Waals surface area contributed by atoms with Gasteiger partial charge in [-0.2, -0.15) is 0 Å². The topological polar surface area (TPSA) is 71.1 Å². The van der Waals surface area contributed by atoms with E-state index in [1.165, 1.54) is 22.9 Å². The summed E-state index contributed by atoms with van der Waals surface area (Å²) in [6, 6.07) is 6.38. The molecule has 0 unspecified atom stereocenters. The second-order valence-corrected chi connectivity index (χ2v) is 7.38. The normalized spacial score (nSPS) is 11.0. The van der Waals surface area contributed by atoms with Crippen LogP contribution in [0.4, 0.5) is 0 Å². The Morgan fingerprint density at radius 2 is 1.80 bits per heavy atom. The number of hydrogen-bond acceptors (Lipinski definition) is 4. The van der Waals surface area contributed by atoms with E-state index in [2.05, 4.69) is 49.8 Å². The van der Waals surface area contributed by atoms with E-state index in [1.807, 2.05) is 0 Å². The van der Waals surface area contributed by atoms with E-state index in [0.717, 1.165) is 27.9 Å². The Morgan fingerprint density at radius 1 is 1.12 bits per heavy atom. The van der Waals surface area contributed by atoms with E-state index in [0.29, 0.717) is 0 Å². The molecule has 0 aliphatic rings. The number of pyridine rings is 1. The van der Waals surface area contributed by atoms with Crippen molar-refractivity contribution in [1.82, 2.24) is 15.8 Å². The van der Waals surface area contributed by atoms with Gasteiger partial charge in [-0.25, -0.2) is 4.98 Å². The van der Waals surface area contributed by atoms with Crippen LogP contribution in [0.2, 0.25) is 0 Å². The molecule has 0 atom stereocenters. The SMILES string of the molecule is CCc1cc2cc(C)c(C)cc2nc1SCC(=O)NNC(=O)C(C)C. The van der Waals surface area contributed by atoms with E-state index in [1.54, 1.807) is 13.8 Å². The molecule has 1 aromatic heterocycles. The average Bonchev–Trinajstić information content (AvgIpc) is 2.58. The number of aryl methyl sites for hydroxylation is 3. The molecular formula is C19H25N3O2S. The average molecular weight is 359 g/mol. The van der Waals surface area contributed by atoms with Crippen LogP contribution in [0.3, 0.4) is 0 Å². The molecule has 0 fully saturated rings. The molecule has 2 aromatic rings. The zero-order valence-corrected chi connectivity index (χ0v) is 16.2. The summed E-state index contributed by atoms with van der Waals surface area (Å²) in [4.78, 5) is 28.2. The van der Waals surface area contributed by atoms with Gasteiger partial charge < -0.3 is 0 Å². The van der Waals surface area contributed by atoms with Gasteiger partial charge in [-0.1, -0.05) is 32.5 Å². The van der Waals surface area contributed by atoms with E-state index >= 15 is 0 Å². The molecule has 0 saturated carbocycles. The monoisotopic (exact) mass is 359 g/mol. The predicted molar refractivity (Wildman–Crippen MR) is 102 cm³/mol. The van der Waals surface area contributed by atoms with Gasteiger partial charge >= 0.3 is 0 Å². The van der Waals surface area contributed by atoms with Crippen molar-refractivity contribution in [2.45, 2.75) is 46.1 Å². The largest absolute Gasteiger partial charge is 0.273 e. The van der Waals surface area contributed by atoms with E-state index < -0.39 is 0 Å². The third-order valence-electron chi connectivity index (χ3n) is 4.04. The number of benzene rings is 1. The number of nitrogens with zero attached hydrogens (tertiary/aromatic N) is 1. The minimum Gasteiger partial charge on any atom is -0.273 e. The molecule has 1 heterocycles. The third kappa shape index (κ3) is 4.95. The van der Waals surface area contributed by atoms with Crippen LogP contribution in [-0.4, -0.2) is 22.6 Å². The van der Waals surface area contributed by atoms with Gasteiger partial charge in [-0.05, 0) is 55.2 Å². The van der Waals surface area contributed by atoms with Crippen LogP contribution in [0.15, 0.2) is 23.2 Å². The molecule has 25 heavy (non-hydrogen) atoms. The van der Waals surface area contributed by atoms with Gasteiger partial charge in [0.2, 0.25) is 11.8 Å². The van der Waals surface area contributed by atoms with Crippen LogP contribution >= 0.6 is 11.8 Å². The van der Waals surface area contributed by atoms with Gasteiger partial charge in [0.15, 0.2) is 0 Å². The summed E-state index contributed by atoms with van der Waals surface area (Å²) in [7, 11) is 0. The number of aromatic nitrogens is 1. The number of thioether (sulfide) groups is 1. The van der Waals surface area contributed by atoms with E-state index in [9.17, 15) is 9.59 Å². The Hall–Kier alpha value is -2.08. The smallest absolute Gasteiger partial charge is 0.248 e. The first kappa shape index (κ1) is 19.2. The van der Waals surface area contributed by atoms with Gasteiger partial charge in [0.25, 0.3) is 0 Å². The summed E-state index contributed by atoms with van der Waals surface area (Å²) in [5, 5.41) is 1.99. The van der Waals surface area contributed by atoms with Crippen molar-refractivity contribution in [3.8, 4) is 0 Å². The lowest BCUT2D eigenvalue weighted by Gasteiger charge is -2.12. The molecule has 5 nitrogen and oxygen atoms in total. The fourth-order valence-corrected chi connectivity index (χ4v) is 3.18. The molecule has 6 heteroatoms. The molecule has 0 radical (unpaired) electrons. The van der Waals surface area contributed by atoms with Crippen molar-refractivity contribution < 1.29 is 9.59 Å². The standard InChI is InChI=1S/C19H25N3O2S/c1-6-14-9-15-7-12(4)13(5)8-16(15)20-19(14)25-10-17(23)21-22-18(24)11(2)3/h7-9,11H,6,10H2,1-5H3,(H,21,23)(H,22,24). The molecule has 2 rings (SSSR count). The van der Waals surface area contributed by atoms with Gasteiger partial charge in [0.05, 0.1) is 11.3 Å². The van der Waals surface area contributed by atoms with Crippen LogP contribution in [-0.2, 0) is 16.0 Å². The first-order valence-electron chi connectivity index (χ1n) is 8.44. The number of amides is 2. The highest BCUT2D eigenvalue weighted by atomic mass is 32.2. The number of fused-ring (bicyclic) bond motifs is 1. The Labute approximate surface area is 152 Å². The number of nitrogens with one attached hydrogen (secondary N) is 2. The van der Waals surface area contributed by atoms with Crippen molar-refractivity contribution in [1.29, 1.82) is 0 Å². The molecule has 0 saturated heterocycles. The zero-order valence-electron chi connectivity index (χ0n) is 15.4. The summed E-state index contributed by atoms with van der Waals surface area (Å²) in [5.74, 6) is -0.423. The molecule has 2 N–H and O–H groups in total. The molecular weight excluding hydrogens is 334 g/mol. The lowest BCUT2D eigenvalue weighted by Crippen LogP contribution is -2.44. The van der Waals surface area contributed by atoms with Gasteiger partial charge in [-0.15, -0.1) is 0 Å². The summed E-state index contributed by atoms with van der Waals surface area (Å²) in [6.07, 6.45) is 0.851. The van der Waals surface area contributed by atoms with Crippen molar-refractivity contribution in [3.63, 3.8) is 0 Å². The lowest BCUT2D eigenvalue weighted by atomic mass is 10.0. The maximum Gasteiger partial charge on any atom is 0.248 e. The molecule has 0 aliphatic heterocycles. The van der Waals surface area contributed by atoms with Crippen molar-refractivity contribution in [2.75, 3.05) is 5.75 Å². The minimum atomic E-state index is -0.247. The Balaban J connectivity index is 2.10. The van der Waals surface area contributed by atoms with Crippen LogP contribution in [0.5, 0.6) is 0 Å². The Kier molecular flexibility index (Phi) is 6.42. The number of rotatable bonds is 5. The van der Waals surface area contributed by atoms with Gasteiger partial charge in [0, 0.05) is 11.3 Å². The van der Waals surface area contributed by atoms with Crippen molar-refractivity contribution in [2.24, 2.45) is 5.92 Å². The number of hydrogen-bond donors (Lipinski definition) is 2. The van der Waals surface area contributed by atoms with E-state index in [4.69, 9.17) is 4.98 Å². The molecule has 1 aromatic carbocycles. The summed E-state index contributed by atoms with van der Waals surface area (Å²) < 4.78 is 0. The minimum absolute atomic E-state index is 0.173.